The lowest BCUT2D eigenvalue weighted by molar-refractivity contribution is -0.258. The smallest absolute Gasteiger partial charge is 0.421 e. The van der Waals surface area contributed by atoms with Gasteiger partial charge in [0, 0.05) is 11.1 Å². The number of alkyl halides is 3. The van der Waals surface area contributed by atoms with Crippen molar-refractivity contribution in [1.82, 2.24) is 0 Å². The van der Waals surface area contributed by atoms with E-state index in [2.05, 4.69) is 9.46 Å². The van der Waals surface area contributed by atoms with Crippen molar-refractivity contribution >= 4 is 33.0 Å². The summed E-state index contributed by atoms with van der Waals surface area (Å²) in [6.45, 7) is 0.594. The molecule has 0 saturated heterocycles. The number of benzene rings is 1. The third-order valence-corrected chi connectivity index (χ3v) is 6.70. The number of carbonyl (C=O) groups is 1. The molecule has 0 aliphatic carbocycles. The lowest BCUT2D eigenvalue weighted by Crippen LogP contribution is -2.39. The molecule has 0 aliphatic heterocycles. The molecule has 1 heterocycles. The molecule has 0 aliphatic rings. The van der Waals surface area contributed by atoms with Crippen LogP contribution in [0.1, 0.15) is 22.8 Å². The predicted octanol–water partition coefficient (Wildman–Crippen LogP) is 3.11. The number of halogens is 3. The van der Waals surface area contributed by atoms with E-state index in [-0.39, 0.29) is 21.2 Å². The summed E-state index contributed by atoms with van der Waals surface area (Å²) in [7, 11) is -1.89. The van der Waals surface area contributed by atoms with Gasteiger partial charge in [-0.15, -0.1) is 11.3 Å². The van der Waals surface area contributed by atoms with Gasteiger partial charge >= 0.3 is 12.1 Å². The average Bonchev–Trinajstić information content (AvgIpc) is 3.05. The minimum Gasteiger partial charge on any atom is -0.493 e. The minimum atomic E-state index is -4.90. The molecule has 0 amide bonds. The number of carbonyl (C=O) groups excluding carboxylic acids is 1. The van der Waals surface area contributed by atoms with Crippen LogP contribution in [0.5, 0.6) is 5.75 Å². The summed E-state index contributed by atoms with van der Waals surface area (Å²) < 4.78 is 75.2. The van der Waals surface area contributed by atoms with Gasteiger partial charge in [0.1, 0.15) is 5.56 Å². The molecule has 1 aromatic heterocycles. The number of rotatable bonds is 6. The van der Waals surface area contributed by atoms with E-state index in [9.17, 15) is 31.5 Å². The number of esters is 1. The monoisotopic (exact) mass is 439 g/mol. The number of hydrogen-bond acceptors (Lipinski definition) is 7. The maximum Gasteiger partial charge on any atom is 0.421 e. The topological polar surface area (TPSA) is 102 Å². The van der Waals surface area contributed by atoms with Crippen LogP contribution in [0.4, 0.5) is 18.9 Å². The summed E-state index contributed by atoms with van der Waals surface area (Å²) in [5, 5.41) is 10.9. The van der Waals surface area contributed by atoms with Crippen LogP contribution in [0, 0.1) is 0 Å². The number of sulfonamides is 1. The second-order valence-electron chi connectivity index (χ2n) is 5.71. The fraction of sp³-hybridized carbons (Fsp3) is 0.312. The number of hydrogen-bond donors (Lipinski definition) is 2. The second-order valence-corrected chi connectivity index (χ2v) is 8.47. The maximum atomic E-state index is 12.9. The number of methoxy groups -OCH3 is 2. The van der Waals surface area contributed by atoms with Crippen LogP contribution in [-0.4, -0.2) is 39.9 Å². The molecule has 1 aromatic carbocycles. The van der Waals surface area contributed by atoms with Gasteiger partial charge in [0.2, 0.25) is 0 Å². The van der Waals surface area contributed by atoms with Gasteiger partial charge in [0.15, 0.2) is 15.6 Å². The summed E-state index contributed by atoms with van der Waals surface area (Å²) in [5.41, 5.74) is -3.66. The molecule has 28 heavy (non-hydrogen) atoms. The molecule has 1 unspecified atom stereocenters. The first-order valence-corrected chi connectivity index (χ1v) is 9.87. The molecule has 2 rings (SSSR count). The van der Waals surface area contributed by atoms with Crippen LogP contribution in [0.15, 0.2) is 33.9 Å². The van der Waals surface area contributed by atoms with E-state index >= 15 is 0 Å². The second kappa shape index (κ2) is 7.60. The van der Waals surface area contributed by atoms with Gasteiger partial charge in [-0.25, -0.2) is 13.2 Å². The molecule has 12 heteroatoms. The number of anilines is 1. The molecule has 7 nitrogen and oxygen atoms in total. The lowest BCUT2D eigenvalue weighted by atomic mass is 9.95. The Morgan fingerprint density at radius 1 is 1.18 bits per heavy atom. The quantitative estimate of drug-likeness (QED) is 0.671. The SMILES string of the molecule is COC(=O)c1csc(S(=O)(=O)Nc2ccc(C(C)(O)C(F)(F)F)cc2)c1OC. The van der Waals surface area contributed by atoms with E-state index in [0.717, 1.165) is 31.4 Å². The normalized spacial score (nSPS) is 14.2. The molecule has 0 bridgehead atoms. The standard InChI is InChI=1S/C16H16F3NO6S2/c1-15(22,16(17,18)19)9-4-6-10(7-5-9)20-28(23,24)14-12(25-2)11(8-27-14)13(21)26-3/h4-8,20,22H,1-3H3. The highest BCUT2D eigenvalue weighted by atomic mass is 32.2. The van der Waals surface area contributed by atoms with Crippen LogP contribution in [0.2, 0.25) is 0 Å². The fourth-order valence-electron chi connectivity index (χ4n) is 2.19. The van der Waals surface area contributed by atoms with E-state index in [1.54, 1.807) is 0 Å². The third-order valence-electron chi connectivity index (χ3n) is 3.82. The highest BCUT2D eigenvalue weighted by molar-refractivity contribution is 7.94. The van der Waals surface area contributed by atoms with Gasteiger partial charge in [0.05, 0.1) is 14.2 Å². The Bertz CT molecular complexity index is 965. The van der Waals surface area contributed by atoms with Crippen LogP contribution in [0.25, 0.3) is 0 Å². The predicted molar refractivity (Wildman–Crippen MR) is 95.1 cm³/mol. The highest BCUT2D eigenvalue weighted by Gasteiger charge is 2.51. The van der Waals surface area contributed by atoms with Gasteiger partial charge in [0.25, 0.3) is 10.0 Å². The third kappa shape index (κ3) is 4.08. The van der Waals surface area contributed by atoms with Crippen molar-refractivity contribution in [1.29, 1.82) is 0 Å². The van der Waals surface area contributed by atoms with Crippen LogP contribution >= 0.6 is 11.3 Å². The Hall–Kier alpha value is -2.31. The largest absolute Gasteiger partial charge is 0.493 e. The van der Waals surface area contributed by atoms with E-state index in [4.69, 9.17) is 4.74 Å². The van der Waals surface area contributed by atoms with Crippen LogP contribution < -0.4 is 9.46 Å². The van der Waals surface area contributed by atoms with Crippen molar-refractivity contribution in [2.24, 2.45) is 0 Å². The summed E-state index contributed by atoms with van der Waals surface area (Å²) >= 11 is 0.716. The molecular weight excluding hydrogens is 423 g/mol. The molecule has 2 N–H and O–H groups in total. The first-order valence-electron chi connectivity index (χ1n) is 7.51. The zero-order valence-corrected chi connectivity index (χ0v) is 16.5. The Morgan fingerprint density at radius 2 is 1.75 bits per heavy atom. The lowest BCUT2D eigenvalue weighted by Gasteiger charge is -2.26. The summed E-state index contributed by atoms with van der Waals surface area (Å²) in [4.78, 5) is 11.7. The van der Waals surface area contributed by atoms with Crippen LogP contribution in [0.3, 0.4) is 0 Å². The number of thiophene rings is 1. The first kappa shape index (κ1) is 22.0. The van der Waals surface area contributed by atoms with Crippen molar-refractivity contribution in [3.63, 3.8) is 0 Å². The number of ether oxygens (including phenoxy) is 2. The zero-order valence-electron chi connectivity index (χ0n) is 14.8. The van der Waals surface area contributed by atoms with Crippen molar-refractivity contribution < 1.29 is 41.0 Å². The van der Waals surface area contributed by atoms with Crippen molar-refractivity contribution in [2.45, 2.75) is 22.9 Å². The molecule has 2 aromatic rings. The van der Waals surface area contributed by atoms with Crippen LogP contribution in [-0.2, 0) is 20.4 Å². The molecule has 0 radical (unpaired) electrons. The Labute approximate surface area is 162 Å². The number of nitrogens with one attached hydrogen (secondary N) is 1. The molecular formula is C16H16F3NO6S2. The van der Waals surface area contributed by atoms with Gasteiger partial charge in [-0.05, 0) is 24.6 Å². The van der Waals surface area contributed by atoms with Gasteiger partial charge in [-0.1, -0.05) is 12.1 Å². The number of aliphatic hydroxyl groups is 1. The van der Waals surface area contributed by atoms with Crippen molar-refractivity contribution in [2.75, 3.05) is 18.9 Å². The Balaban J connectivity index is 2.33. The van der Waals surface area contributed by atoms with Gasteiger partial charge in [-0.3, -0.25) is 4.72 Å². The fourth-order valence-corrected chi connectivity index (χ4v) is 4.67. The van der Waals surface area contributed by atoms with E-state index in [1.807, 2.05) is 0 Å². The first-order chi connectivity index (χ1) is 12.8. The maximum absolute atomic E-state index is 12.9. The van der Waals surface area contributed by atoms with Crippen molar-refractivity contribution in [3.8, 4) is 5.75 Å². The molecule has 0 spiro atoms. The van der Waals surface area contributed by atoms with Crippen molar-refractivity contribution in [3.05, 3.63) is 40.8 Å². The Kier molecular flexibility index (Phi) is 5.97. The summed E-state index contributed by atoms with van der Waals surface area (Å²) in [6.07, 6.45) is -4.90. The molecule has 0 fully saturated rings. The highest BCUT2D eigenvalue weighted by Crippen LogP contribution is 2.39. The minimum absolute atomic E-state index is 0.0446. The summed E-state index contributed by atoms with van der Waals surface area (Å²) in [5.74, 6) is -0.991. The van der Waals surface area contributed by atoms with E-state index < -0.39 is 33.3 Å². The van der Waals surface area contributed by atoms with Gasteiger partial charge in [-0.2, -0.15) is 13.2 Å². The average molecular weight is 439 g/mol. The molecule has 0 saturated carbocycles. The zero-order chi connectivity index (χ0) is 21.3. The molecule has 1 atom stereocenters. The van der Waals surface area contributed by atoms with E-state index in [0.29, 0.717) is 18.3 Å². The van der Waals surface area contributed by atoms with Gasteiger partial charge < -0.3 is 14.6 Å². The molecule has 154 valence electrons. The Morgan fingerprint density at radius 3 is 2.21 bits per heavy atom. The van der Waals surface area contributed by atoms with E-state index in [1.165, 1.54) is 12.5 Å². The summed E-state index contributed by atoms with van der Waals surface area (Å²) in [6, 6.07) is 4.07.